The molecule has 1 saturated heterocycles. The summed E-state index contributed by atoms with van der Waals surface area (Å²) in [6, 6.07) is 8.58. The summed E-state index contributed by atoms with van der Waals surface area (Å²) in [5.41, 5.74) is 1.21. The summed E-state index contributed by atoms with van der Waals surface area (Å²) in [5, 5.41) is 3.04. The van der Waals surface area contributed by atoms with Gasteiger partial charge in [-0.1, -0.05) is 25.5 Å². The van der Waals surface area contributed by atoms with Crippen LogP contribution in [0.2, 0.25) is 0 Å². The Hall–Kier alpha value is -1.55. The maximum Gasteiger partial charge on any atom is 0.234 e. The molecule has 122 valence electrons. The largest absolute Gasteiger partial charge is 0.497 e. The van der Waals surface area contributed by atoms with Crippen LogP contribution in [0.1, 0.15) is 38.2 Å². The van der Waals surface area contributed by atoms with Gasteiger partial charge < -0.3 is 10.1 Å². The van der Waals surface area contributed by atoms with Crippen LogP contribution < -0.4 is 10.1 Å². The summed E-state index contributed by atoms with van der Waals surface area (Å²) in [4.78, 5) is 14.4. The van der Waals surface area contributed by atoms with Crippen molar-refractivity contribution >= 4 is 5.91 Å². The first-order valence-electron chi connectivity index (χ1n) is 8.36. The average molecular weight is 304 g/mol. The molecule has 22 heavy (non-hydrogen) atoms. The van der Waals surface area contributed by atoms with Crippen LogP contribution in [-0.2, 0) is 11.2 Å². The number of amides is 1. The van der Waals surface area contributed by atoms with Crippen LogP contribution in [0, 0.1) is 0 Å². The van der Waals surface area contributed by atoms with Gasteiger partial charge in [0.15, 0.2) is 0 Å². The minimum Gasteiger partial charge on any atom is -0.497 e. The Morgan fingerprint density at radius 3 is 2.77 bits per heavy atom. The quantitative estimate of drug-likeness (QED) is 0.842. The lowest BCUT2D eigenvalue weighted by Gasteiger charge is -2.34. The molecule has 4 heteroatoms. The number of nitrogens with zero attached hydrogens (tertiary/aromatic N) is 1. The van der Waals surface area contributed by atoms with Gasteiger partial charge in [0.1, 0.15) is 5.75 Å². The van der Waals surface area contributed by atoms with Crippen molar-refractivity contribution in [2.45, 2.75) is 45.1 Å². The third-order valence-corrected chi connectivity index (χ3v) is 4.46. The zero-order valence-corrected chi connectivity index (χ0v) is 13.8. The number of nitrogens with one attached hydrogen (secondary N) is 1. The highest BCUT2D eigenvalue weighted by atomic mass is 16.5. The molecular formula is C18H28N2O2. The number of hydrogen-bond acceptors (Lipinski definition) is 3. The van der Waals surface area contributed by atoms with Gasteiger partial charge >= 0.3 is 0 Å². The van der Waals surface area contributed by atoms with Crippen LogP contribution in [0.15, 0.2) is 24.3 Å². The number of ether oxygens (including phenoxy) is 1. The third-order valence-electron chi connectivity index (χ3n) is 4.46. The number of benzene rings is 1. The molecule has 1 N–H and O–H groups in total. The van der Waals surface area contributed by atoms with Crippen LogP contribution in [-0.4, -0.2) is 43.6 Å². The first kappa shape index (κ1) is 16.8. The van der Waals surface area contributed by atoms with Crippen LogP contribution in [0.3, 0.4) is 0 Å². The SMILES string of the molecule is CCC1CCCCN1CC(=O)NCCc1ccc(OC)cc1. The predicted molar refractivity (Wildman–Crippen MR) is 89.2 cm³/mol. The fourth-order valence-electron chi connectivity index (χ4n) is 3.11. The molecule has 1 fully saturated rings. The zero-order chi connectivity index (χ0) is 15.8. The smallest absolute Gasteiger partial charge is 0.234 e. The van der Waals surface area contributed by atoms with Crippen molar-refractivity contribution < 1.29 is 9.53 Å². The molecular weight excluding hydrogens is 276 g/mol. The number of carbonyl (C=O) groups is 1. The van der Waals surface area contributed by atoms with E-state index in [0.29, 0.717) is 19.1 Å². The molecule has 1 heterocycles. The first-order valence-corrected chi connectivity index (χ1v) is 8.36. The Balaban J connectivity index is 1.70. The van der Waals surface area contributed by atoms with Crippen molar-refractivity contribution in [3.8, 4) is 5.75 Å². The van der Waals surface area contributed by atoms with E-state index in [-0.39, 0.29) is 5.91 Å². The summed E-state index contributed by atoms with van der Waals surface area (Å²) < 4.78 is 5.14. The van der Waals surface area contributed by atoms with Gasteiger partial charge in [0.05, 0.1) is 13.7 Å². The molecule has 1 atom stereocenters. The van der Waals surface area contributed by atoms with Crippen molar-refractivity contribution in [2.75, 3.05) is 26.7 Å². The summed E-state index contributed by atoms with van der Waals surface area (Å²) in [7, 11) is 1.67. The van der Waals surface area contributed by atoms with Gasteiger partial charge in [-0.2, -0.15) is 0 Å². The fourth-order valence-corrected chi connectivity index (χ4v) is 3.11. The molecule has 0 aromatic heterocycles. The van der Waals surface area contributed by atoms with Gasteiger partial charge in [-0.15, -0.1) is 0 Å². The van der Waals surface area contributed by atoms with Gasteiger partial charge in [-0.3, -0.25) is 9.69 Å². The van der Waals surface area contributed by atoms with Crippen molar-refractivity contribution in [3.63, 3.8) is 0 Å². The van der Waals surface area contributed by atoms with E-state index in [1.807, 2.05) is 24.3 Å². The Labute approximate surface area is 133 Å². The van der Waals surface area contributed by atoms with Crippen LogP contribution >= 0.6 is 0 Å². The second-order valence-electron chi connectivity index (χ2n) is 5.98. The molecule has 4 nitrogen and oxygen atoms in total. The molecule has 1 aliphatic rings. The Bertz CT molecular complexity index is 459. The van der Waals surface area contributed by atoms with Gasteiger partial charge in [0.2, 0.25) is 5.91 Å². The van der Waals surface area contributed by atoms with E-state index < -0.39 is 0 Å². The molecule has 0 aliphatic carbocycles. The van der Waals surface area contributed by atoms with Crippen molar-refractivity contribution in [1.82, 2.24) is 10.2 Å². The first-order chi connectivity index (χ1) is 10.7. The lowest BCUT2D eigenvalue weighted by Crippen LogP contribution is -2.45. The Morgan fingerprint density at radius 2 is 2.09 bits per heavy atom. The Morgan fingerprint density at radius 1 is 1.32 bits per heavy atom. The normalized spacial score (nSPS) is 18.9. The lowest BCUT2D eigenvalue weighted by atomic mass is 10.00. The third kappa shape index (κ3) is 5.02. The van der Waals surface area contributed by atoms with Crippen LogP contribution in [0.4, 0.5) is 0 Å². The maximum absolute atomic E-state index is 12.1. The standard InChI is InChI=1S/C18H28N2O2/c1-3-16-6-4-5-13-20(16)14-18(21)19-12-11-15-7-9-17(22-2)10-8-15/h7-10,16H,3-6,11-14H2,1-2H3,(H,19,21). The minimum atomic E-state index is 0.147. The molecule has 0 spiro atoms. The minimum absolute atomic E-state index is 0.147. The highest BCUT2D eigenvalue weighted by Crippen LogP contribution is 2.18. The average Bonchev–Trinajstić information content (AvgIpc) is 2.56. The van der Waals surface area contributed by atoms with E-state index >= 15 is 0 Å². The van der Waals surface area contributed by atoms with Crippen LogP contribution in [0.25, 0.3) is 0 Å². The molecule has 1 unspecified atom stereocenters. The summed E-state index contributed by atoms with van der Waals surface area (Å²) in [6.07, 6.45) is 5.74. The van der Waals surface area contributed by atoms with Crippen molar-refractivity contribution in [3.05, 3.63) is 29.8 Å². The highest BCUT2D eigenvalue weighted by Gasteiger charge is 2.22. The van der Waals surface area contributed by atoms with E-state index in [4.69, 9.17) is 4.74 Å². The van der Waals surface area contributed by atoms with Crippen molar-refractivity contribution in [1.29, 1.82) is 0 Å². The molecule has 1 aromatic rings. The topological polar surface area (TPSA) is 41.6 Å². The number of methoxy groups -OCH3 is 1. The summed E-state index contributed by atoms with van der Waals surface area (Å²) >= 11 is 0. The Kier molecular flexibility index (Phi) is 6.72. The van der Waals surface area contributed by atoms with Gasteiger partial charge in [0.25, 0.3) is 0 Å². The molecule has 0 bridgehead atoms. The molecule has 0 radical (unpaired) electrons. The number of likely N-dealkylation sites (tertiary alicyclic amines) is 1. The van der Waals surface area contributed by atoms with E-state index in [2.05, 4.69) is 17.1 Å². The second-order valence-corrected chi connectivity index (χ2v) is 5.98. The van der Waals surface area contributed by atoms with Gasteiger partial charge in [0, 0.05) is 12.6 Å². The summed E-state index contributed by atoms with van der Waals surface area (Å²) in [5.74, 6) is 1.01. The fraction of sp³-hybridized carbons (Fsp3) is 0.611. The number of piperidine rings is 1. The van der Waals surface area contributed by atoms with Gasteiger partial charge in [-0.05, 0) is 49.9 Å². The highest BCUT2D eigenvalue weighted by molar-refractivity contribution is 5.78. The van der Waals surface area contributed by atoms with E-state index in [0.717, 1.165) is 25.1 Å². The second kappa shape index (κ2) is 8.79. The van der Waals surface area contributed by atoms with E-state index in [9.17, 15) is 4.79 Å². The van der Waals surface area contributed by atoms with E-state index in [1.54, 1.807) is 7.11 Å². The molecule has 0 saturated carbocycles. The monoisotopic (exact) mass is 304 g/mol. The van der Waals surface area contributed by atoms with Gasteiger partial charge in [-0.25, -0.2) is 0 Å². The maximum atomic E-state index is 12.1. The molecule has 1 amide bonds. The van der Waals surface area contributed by atoms with E-state index in [1.165, 1.54) is 24.8 Å². The van der Waals surface area contributed by atoms with Crippen LogP contribution in [0.5, 0.6) is 5.75 Å². The lowest BCUT2D eigenvalue weighted by molar-refractivity contribution is -0.123. The number of carbonyl (C=O) groups excluding carboxylic acids is 1. The summed E-state index contributed by atoms with van der Waals surface area (Å²) in [6.45, 7) is 4.51. The zero-order valence-electron chi connectivity index (χ0n) is 13.8. The molecule has 1 aliphatic heterocycles. The molecule has 2 rings (SSSR count). The van der Waals surface area contributed by atoms with Crippen molar-refractivity contribution in [2.24, 2.45) is 0 Å². The number of hydrogen-bond donors (Lipinski definition) is 1. The predicted octanol–water partition coefficient (Wildman–Crippen LogP) is 2.62. The molecule has 1 aromatic carbocycles. The number of rotatable bonds is 7.